The van der Waals surface area contributed by atoms with Crippen LogP contribution in [-0.2, 0) is 9.53 Å². The van der Waals surface area contributed by atoms with Gasteiger partial charge in [-0.1, -0.05) is 6.92 Å². The average Bonchev–Trinajstić information content (AvgIpc) is 2.37. The summed E-state index contributed by atoms with van der Waals surface area (Å²) in [6.45, 7) is 2.47. The molecule has 0 atom stereocenters. The van der Waals surface area contributed by atoms with Gasteiger partial charge in [0, 0.05) is 19.6 Å². The number of carboxylic acids is 1. The lowest BCUT2D eigenvalue weighted by Crippen LogP contribution is -2.45. The normalized spacial score (nSPS) is 22.8. The van der Waals surface area contributed by atoms with Gasteiger partial charge in [-0.15, -0.1) is 0 Å². The van der Waals surface area contributed by atoms with E-state index in [0.717, 1.165) is 18.8 Å². The summed E-state index contributed by atoms with van der Waals surface area (Å²) in [6, 6.07) is 0.203. The Morgan fingerprint density at radius 3 is 2.53 bits per heavy atom. The maximum Gasteiger partial charge on any atom is 0.329 e. The summed E-state index contributed by atoms with van der Waals surface area (Å²) in [5.41, 5.74) is 0. The van der Waals surface area contributed by atoms with Crippen LogP contribution in [0.2, 0.25) is 0 Å². The van der Waals surface area contributed by atoms with Crippen LogP contribution in [0.1, 0.15) is 32.6 Å². The molecule has 0 bridgehead atoms. The van der Waals surface area contributed by atoms with Crippen LogP contribution in [0.4, 0.5) is 4.79 Å². The SMILES string of the molecule is CC1CCC(N(C)C(=O)NCCOCC(=O)O)CC1. The number of rotatable bonds is 6. The highest BCUT2D eigenvalue weighted by molar-refractivity contribution is 5.74. The van der Waals surface area contributed by atoms with Crippen molar-refractivity contribution in [3.63, 3.8) is 0 Å². The Hall–Kier alpha value is -1.30. The van der Waals surface area contributed by atoms with Crippen molar-refractivity contribution in [1.82, 2.24) is 10.2 Å². The fraction of sp³-hybridized carbons (Fsp3) is 0.846. The zero-order valence-electron chi connectivity index (χ0n) is 11.7. The van der Waals surface area contributed by atoms with Crippen LogP contribution in [0.3, 0.4) is 0 Å². The van der Waals surface area contributed by atoms with Crippen molar-refractivity contribution in [1.29, 1.82) is 0 Å². The van der Waals surface area contributed by atoms with E-state index in [9.17, 15) is 9.59 Å². The first-order chi connectivity index (χ1) is 9.00. The molecule has 1 fully saturated rings. The van der Waals surface area contributed by atoms with Crippen molar-refractivity contribution in [3.8, 4) is 0 Å². The molecule has 6 nitrogen and oxygen atoms in total. The molecule has 19 heavy (non-hydrogen) atoms. The van der Waals surface area contributed by atoms with E-state index in [4.69, 9.17) is 9.84 Å². The molecule has 0 spiro atoms. The Labute approximate surface area is 114 Å². The second-order valence-electron chi connectivity index (χ2n) is 5.20. The van der Waals surface area contributed by atoms with Crippen LogP contribution in [-0.4, -0.2) is 54.9 Å². The fourth-order valence-corrected chi connectivity index (χ4v) is 2.31. The number of ether oxygens (including phenoxy) is 1. The highest BCUT2D eigenvalue weighted by Crippen LogP contribution is 2.26. The van der Waals surface area contributed by atoms with E-state index in [-0.39, 0.29) is 19.2 Å². The second kappa shape index (κ2) is 7.99. The van der Waals surface area contributed by atoms with Gasteiger partial charge >= 0.3 is 12.0 Å². The molecular weight excluding hydrogens is 248 g/mol. The second-order valence-corrected chi connectivity index (χ2v) is 5.20. The quantitative estimate of drug-likeness (QED) is 0.714. The summed E-state index contributed by atoms with van der Waals surface area (Å²) >= 11 is 0. The molecule has 0 aromatic heterocycles. The number of nitrogens with zero attached hydrogens (tertiary/aromatic N) is 1. The molecule has 110 valence electrons. The topological polar surface area (TPSA) is 78.9 Å². The summed E-state index contributed by atoms with van der Waals surface area (Å²) in [6.07, 6.45) is 4.45. The largest absolute Gasteiger partial charge is 0.480 e. The molecule has 1 aliphatic carbocycles. The molecule has 0 aromatic carbocycles. The van der Waals surface area contributed by atoms with E-state index < -0.39 is 5.97 Å². The standard InChI is InChI=1S/C13H24N2O4/c1-10-3-5-11(6-4-10)15(2)13(18)14-7-8-19-9-12(16)17/h10-11H,3-9H2,1-2H3,(H,14,18)(H,16,17). The number of carboxylic acid groups (broad SMARTS) is 1. The third kappa shape index (κ3) is 5.92. The Balaban J connectivity index is 2.16. The number of amides is 2. The molecule has 0 radical (unpaired) electrons. The Bertz CT molecular complexity index is 301. The van der Waals surface area contributed by atoms with Crippen LogP contribution in [0.15, 0.2) is 0 Å². The first-order valence-electron chi connectivity index (χ1n) is 6.81. The van der Waals surface area contributed by atoms with Gasteiger partial charge in [-0.3, -0.25) is 0 Å². The molecule has 0 saturated heterocycles. The smallest absolute Gasteiger partial charge is 0.329 e. The van der Waals surface area contributed by atoms with Crippen molar-refractivity contribution in [2.45, 2.75) is 38.6 Å². The molecule has 1 aliphatic rings. The fourth-order valence-electron chi connectivity index (χ4n) is 2.31. The average molecular weight is 272 g/mol. The molecule has 2 N–H and O–H groups in total. The zero-order valence-corrected chi connectivity index (χ0v) is 11.7. The van der Waals surface area contributed by atoms with Gasteiger partial charge in [0.25, 0.3) is 0 Å². The highest BCUT2D eigenvalue weighted by atomic mass is 16.5. The van der Waals surface area contributed by atoms with Crippen molar-refractivity contribution in [3.05, 3.63) is 0 Å². The first kappa shape index (κ1) is 15.8. The minimum atomic E-state index is -1.00. The van der Waals surface area contributed by atoms with E-state index in [1.54, 1.807) is 4.90 Å². The van der Waals surface area contributed by atoms with Gasteiger partial charge in [-0.2, -0.15) is 0 Å². The lowest BCUT2D eigenvalue weighted by molar-refractivity contribution is -0.142. The van der Waals surface area contributed by atoms with E-state index in [1.807, 2.05) is 7.05 Å². The third-order valence-electron chi connectivity index (χ3n) is 3.60. The number of hydrogen-bond acceptors (Lipinski definition) is 3. The lowest BCUT2D eigenvalue weighted by Gasteiger charge is -2.33. The van der Waals surface area contributed by atoms with Crippen molar-refractivity contribution < 1.29 is 19.4 Å². The number of aliphatic carboxylic acids is 1. The molecule has 0 aromatic rings. The van der Waals surface area contributed by atoms with E-state index in [2.05, 4.69) is 12.2 Å². The molecule has 0 aliphatic heterocycles. The lowest BCUT2D eigenvalue weighted by atomic mass is 9.87. The molecule has 1 saturated carbocycles. The van der Waals surface area contributed by atoms with Crippen LogP contribution >= 0.6 is 0 Å². The zero-order chi connectivity index (χ0) is 14.3. The summed E-state index contributed by atoms with van der Waals surface area (Å²) in [4.78, 5) is 23.8. The minimum absolute atomic E-state index is 0.113. The van der Waals surface area contributed by atoms with Gasteiger partial charge in [-0.25, -0.2) is 9.59 Å². The predicted molar refractivity (Wildman–Crippen MR) is 71.0 cm³/mol. The van der Waals surface area contributed by atoms with Gasteiger partial charge in [0.1, 0.15) is 6.61 Å². The minimum Gasteiger partial charge on any atom is -0.480 e. The van der Waals surface area contributed by atoms with Gasteiger partial charge < -0.3 is 20.1 Å². The third-order valence-corrected chi connectivity index (χ3v) is 3.60. The van der Waals surface area contributed by atoms with Gasteiger partial charge in [-0.05, 0) is 31.6 Å². The Morgan fingerprint density at radius 2 is 1.95 bits per heavy atom. The number of nitrogens with one attached hydrogen (secondary N) is 1. The summed E-state index contributed by atoms with van der Waals surface area (Å²) in [5, 5.41) is 11.1. The van der Waals surface area contributed by atoms with Gasteiger partial charge in [0.05, 0.1) is 6.61 Å². The first-order valence-corrected chi connectivity index (χ1v) is 6.81. The van der Waals surface area contributed by atoms with E-state index >= 15 is 0 Å². The summed E-state index contributed by atoms with van der Waals surface area (Å²) < 4.78 is 4.85. The molecule has 2 amide bonds. The maximum atomic E-state index is 11.9. The highest BCUT2D eigenvalue weighted by Gasteiger charge is 2.24. The molecule has 6 heteroatoms. The van der Waals surface area contributed by atoms with Crippen LogP contribution in [0, 0.1) is 5.92 Å². The van der Waals surface area contributed by atoms with Crippen LogP contribution in [0.5, 0.6) is 0 Å². The molecule has 0 heterocycles. The van der Waals surface area contributed by atoms with Gasteiger partial charge in [0.2, 0.25) is 0 Å². The molecule has 0 unspecified atom stereocenters. The Morgan fingerprint density at radius 1 is 1.32 bits per heavy atom. The van der Waals surface area contributed by atoms with Crippen molar-refractivity contribution >= 4 is 12.0 Å². The summed E-state index contributed by atoms with van der Waals surface area (Å²) in [5.74, 6) is -0.239. The van der Waals surface area contributed by atoms with Crippen LogP contribution < -0.4 is 5.32 Å². The summed E-state index contributed by atoms with van der Waals surface area (Å²) in [7, 11) is 1.81. The van der Waals surface area contributed by atoms with Gasteiger partial charge in [0.15, 0.2) is 0 Å². The molecule has 1 rings (SSSR count). The van der Waals surface area contributed by atoms with Crippen molar-refractivity contribution in [2.75, 3.05) is 26.8 Å². The number of hydrogen-bond donors (Lipinski definition) is 2. The predicted octanol–water partition coefficient (Wildman–Crippen LogP) is 1.31. The van der Waals surface area contributed by atoms with Crippen LogP contribution in [0.25, 0.3) is 0 Å². The number of carbonyl (C=O) groups excluding carboxylic acids is 1. The number of carbonyl (C=O) groups is 2. The molecular formula is C13H24N2O4. The maximum absolute atomic E-state index is 11.9. The van der Waals surface area contributed by atoms with Crippen molar-refractivity contribution in [2.24, 2.45) is 5.92 Å². The Kier molecular flexibility index (Phi) is 6.62. The monoisotopic (exact) mass is 272 g/mol. The van der Waals surface area contributed by atoms with E-state index in [0.29, 0.717) is 12.6 Å². The number of urea groups is 1. The van der Waals surface area contributed by atoms with E-state index in [1.165, 1.54) is 12.8 Å².